The number of halogens is 2. The van der Waals surface area contributed by atoms with Crippen LogP contribution in [0.15, 0.2) is 102 Å². The molecule has 0 spiro atoms. The lowest BCUT2D eigenvalue weighted by molar-refractivity contribution is -0.140. The van der Waals surface area contributed by atoms with Gasteiger partial charge in [0.2, 0.25) is 11.8 Å². The highest BCUT2D eigenvalue weighted by molar-refractivity contribution is 7.92. The summed E-state index contributed by atoms with van der Waals surface area (Å²) >= 11 is 13.2. The van der Waals surface area contributed by atoms with E-state index in [9.17, 15) is 18.0 Å². The second kappa shape index (κ2) is 14.7. The minimum Gasteiger partial charge on any atom is -0.350 e. The zero-order valence-electron chi connectivity index (χ0n) is 26.6. The molecule has 46 heavy (non-hydrogen) atoms. The Morgan fingerprint density at radius 1 is 0.804 bits per heavy atom. The highest BCUT2D eigenvalue weighted by Gasteiger charge is 2.36. The van der Waals surface area contributed by atoms with Gasteiger partial charge in [0.1, 0.15) is 12.6 Å². The van der Waals surface area contributed by atoms with E-state index in [1.54, 1.807) is 61.5 Å². The average molecular weight is 681 g/mol. The number of anilines is 1. The van der Waals surface area contributed by atoms with Gasteiger partial charge in [0.15, 0.2) is 0 Å². The monoisotopic (exact) mass is 679 g/mol. The van der Waals surface area contributed by atoms with Crippen LogP contribution < -0.4 is 9.62 Å². The third kappa shape index (κ3) is 8.69. The van der Waals surface area contributed by atoms with Crippen molar-refractivity contribution < 1.29 is 18.0 Å². The van der Waals surface area contributed by atoms with E-state index in [-0.39, 0.29) is 17.9 Å². The standard InChI is InChI=1S/C36H39Cl2N3O4S/c1-25-18-20-28(21-19-25)46(44,45)41(32-17-10-9-12-26(32)2)24-34(42)40(23-29-30(37)15-11-16-31(29)38)33(35(43)39-36(3,4)5)22-27-13-7-6-8-14-27/h6-21,33H,22-24H2,1-5H3,(H,39,43)/t33-/m1/s1. The Balaban J connectivity index is 1.86. The van der Waals surface area contributed by atoms with Gasteiger partial charge in [0.25, 0.3) is 10.0 Å². The van der Waals surface area contributed by atoms with Crippen LogP contribution in [0, 0.1) is 13.8 Å². The van der Waals surface area contributed by atoms with Crippen molar-refractivity contribution in [3.05, 3.63) is 129 Å². The number of carbonyl (C=O) groups is 2. The predicted octanol–water partition coefficient (Wildman–Crippen LogP) is 7.36. The number of sulfonamides is 1. The molecule has 10 heteroatoms. The van der Waals surface area contributed by atoms with Crippen LogP contribution in [0.2, 0.25) is 10.0 Å². The fourth-order valence-corrected chi connectivity index (χ4v) is 7.05. The zero-order chi connectivity index (χ0) is 33.6. The van der Waals surface area contributed by atoms with Crippen LogP contribution in [0.1, 0.15) is 43.0 Å². The van der Waals surface area contributed by atoms with Crippen molar-refractivity contribution in [3.8, 4) is 0 Å². The third-order valence-electron chi connectivity index (χ3n) is 7.43. The maximum atomic E-state index is 14.7. The molecule has 0 heterocycles. The average Bonchev–Trinajstić information content (AvgIpc) is 2.99. The Bertz CT molecular complexity index is 1770. The molecular weight excluding hydrogens is 641 g/mol. The molecule has 0 aliphatic heterocycles. The van der Waals surface area contributed by atoms with Crippen LogP contribution in [-0.2, 0) is 32.6 Å². The normalized spacial score (nSPS) is 12.3. The first-order chi connectivity index (χ1) is 21.7. The molecule has 0 aromatic heterocycles. The molecule has 2 amide bonds. The molecule has 1 N–H and O–H groups in total. The first-order valence-electron chi connectivity index (χ1n) is 14.9. The maximum Gasteiger partial charge on any atom is 0.264 e. The largest absolute Gasteiger partial charge is 0.350 e. The van der Waals surface area contributed by atoms with E-state index < -0.39 is 40.0 Å². The fourth-order valence-electron chi connectivity index (χ4n) is 5.05. The van der Waals surface area contributed by atoms with E-state index in [1.165, 1.54) is 17.0 Å². The predicted molar refractivity (Wildman–Crippen MR) is 186 cm³/mol. The molecular formula is C36H39Cl2N3O4S. The SMILES string of the molecule is Cc1ccc(S(=O)(=O)N(CC(=O)N(Cc2c(Cl)cccc2Cl)[C@H](Cc2ccccc2)C(=O)NC(C)(C)C)c2ccccc2C)cc1. The van der Waals surface area contributed by atoms with Gasteiger partial charge in [-0.3, -0.25) is 13.9 Å². The number of benzene rings is 4. The smallest absolute Gasteiger partial charge is 0.264 e. The molecule has 0 aliphatic carbocycles. The molecule has 4 aromatic rings. The summed E-state index contributed by atoms with van der Waals surface area (Å²) in [6.07, 6.45) is 0.172. The quantitative estimate of drug-likeness (QED) is 0.179. The van der Waals surface area contributed by atoms with Crippen LogP contribution >= 0.6 is 23.2 Å². The molecule has 0 aliphatic rings. The first kappa shape index (κ1) is 35.0. The summed E-state index contributed by atoms with van der Waals surface area (Å²) in [7, 11) is -4.21. The Labute approximate surface area is 282 Å². The van der Waals surface area contributed by atoms with Crippen LogP contribution in [-0.4, -0.2) is 43.3 Å². The van der Waals surface area contributed by atoms with Crippen molar-refractivity contribution in [1.82, 2.24) is 10.2 Å². The van der Waals surface area contributed by atoms with Gasteiger partial charge in [-0.1, -0.05) is 95.5 Å². The van der Waals surface area contributed by atoms with Gasteiger partial charge in [-0.2, -0.15) is 0 Å². The second-order valence-corrected chi connectivity index (χ2v) is 15.0. The van der Waals surface area contributed by atoms with Gasteiger partial charge < -0.3 is 10.2 Å². The summed E-state index contributed by atoms with van der Waals surface area (Å²) in [6.45, 7) is 8.52. The van der Waals surface area contributed by atoms with Crippen molar-refractivity contribution in [2.24, 2.45) is 0 Å². The summed E-state index contributed by atoms with van der Waals surface area (Å²) in [6, 6.07) is 26.8. The summed E-state index contributed by atoms with van der Waals surface area (Å²) in [4.78, 5) is 30.1. The minimum atomic E-state index is -4.21. The Morgan fingerprint density at radius 3 is 1.98 bits per heavy atom. The van der Waals surface area contributed by atoms with Gasteiger partial charge in [-0.25, -0.2) is 8.42 Å². The maximum absolute atomic E-state index is 14.7. The lowest BCUT2D eigenvalue weighted by atomic mass is 10.0. The zero-order valence-corrected chi connectivity index (χ0v) is 29.0. The molecule has 0 radical (unpaired) electrons. The second-order valence-electron chi connectivity index (χ2n) is 12.3. The van der Waals surface area contributed by atoms with Gasteiger partial charge in [0, 0.05) is 34.1 Å². The third-order valence-corrected chi connectivity index (χ3v) is 9.91. The number of hydrogen-bond donors (Lipinski definition) is 1. The molecule has 4 aromatic carbocycles. The number of aryl methyl sites for hydroxylation is 2. The molecule has 0 saturated carbocycles. The van der Waals surface area contributed by atoms with Crippen molar-refractivity contribution in [2.45, 2.75) is 64.1 Å². The Morgan fingerprint density at radius 2 is 1.39 bits per heavy atom. The molecule has 1 atom stereocenters. The number of nitrogens with one attached hydrogen (secondary N) is 1. The van der Waals surface area contributed by atoms with Crippen molar-refractivity contribution in [3.63, 3.8) is 0 Å². The van der Waals surface area contributed by atoms with Crippen molar-refractivity contribution >= 4 is 50.7 Å². The number of rotatable bonds is 11. The molecule has 242 valence electrons. The minimum absolute atomic E-state index is 0.0427. The lowest BCUT2D eigenvalue weighted by Crippen LogP contribution is -2.56. The van der Waals surface area contributed by atoms with E-state index in [2.05, 4.69) is 5.32 Å². The molecule has 4 rings (SSSR count). The van der Waals surface area contributed by atoms with E-state index in [0.717, 1.165) is 15.4 Å². The van der Waals surface area contributed by atoms with E-state index >= 15 is 0 Å². The summed E-state index contributed by atoms with van der Waals surface area (Å²) in [5.41, 5.74) is 2.58. The van der Waals surface area contributed by atoms with Crippen molar-refractivity contribution in [1.29, 1.82) is 0 Å². The van der Waals surface area contributed by atoms with Crippen LogP contribution in [0.25, 0.3) is 0 Å². The van der Waals surface area contributed by atoms with Gasteiger partial charge >= 0.3 is 0 Å². The molecule has 0 saturated heterocycles. The lowest BCUT2D eigenvalue weighted by Gasteiger charge is -2.36. The molecule has 0 unspecified atom stereocenters. The Kier molecular flexibility index (Phi) is 11.2. The molecule has 0 fully saturated rings. The number of hydrogen-bond acceptors (Lipinski definition) is 4. The Hall–Kier alpha value is -3.85. The first-order valence-corrected chi connectivity index (χ1v) is 17.1. The number of carbonyl (C=O) groups excluding carboxylic acids is 2. The van der Waals surface area contributed by atoms with Crippen LogP contribution in [0.4, 0.5) is 5.69 Å². The molecule has 0 bridgehead atoms. The van der Waals surface area contributed by atoms with Gasteiger partial charge in [-0.05, 0) is 76.1 Å². The summed E-state index contributed by atoms with van der Waals surface area (Å²) in [5, 5.41) is 3.66. The highest BCUT2D eigenvalue weighted by atomic mass is 35.5. The summed E-state index contributed by atoms with van der Waals surface area (Å²) < 4.78 is 29.6. The topological polar surface area (TPSA) is 86.8 Å². The van der Waals surface area contributed by atoms with E-state index in [4.69, 9.17) is 23.2 Å². The van der Waals surface area contributed by atoms with Gasteiger partial charge in [-0.15, -0.1) is 0 Å². The van der Waals surface area contributed by atoms with Crippen LogP contribution in [0.5, 0.6) is 0 Å². The summed E-state index contributed by atoms with van der Waals surface area (Å²) in [5.74, 6) is -0.989. The van der Waals surface area contributed by atoms with Crippen LogP contribution in [0.3, 0.4) is 0 Å². The van der Waals surface area contributed by atoms with Crippen molar-refractivity contribution in [2.75, 3.05) is 10.8 Å². The number of nitrogens with zero attached hydrogens (tertiary/aromatic N) is 2. The fraction of sp³-hybridized carbons (Fsp3) is 0.278. The highest BCUT2D eigenvalue weighted by Crippen LogP contribution is 2.30. The number of amides is 2. The van der Waals surface area contributed by atoms with E-state index in [1.807, 2.05) is 58.0 Å². The molecule has 7 nitrogen and oxygen atoms in total. The van der Waals surface area contributed by atoms with Gasteiger partial charge in [0.05, 0.1) is 10.6 Å². The van der Waals surface area contributed by atoms with E-state index in [0.29, 0.717) is 26.9 Å². The number of para-hydroxylation sites is 1.